The number of urea groups is 1. The van der Waals surface area contributed by atoms with E-state index in [4.69, 9.17) is 23.2 Å². The number of nitrogens with zero attached hydrogens (tertiary/aromatic N) is 5. The van der Waals surface area contributed by atoms with Crippen molar-refractivity contribution < 1.29 is 14.7 Å². The Morgan fingerprint density at radius 3 is 2.48 bits per heavy atom. The van der Waals surface area contributed by atoms with E-state index >= 15 is 0 Å². The zero-order valence-corrected chi connectivity index (χ0v) is 17.8. The standard InChI is InChI=1S/C19H21Cl2N5O3/c1-10-11(2)26-15-16(22-18(26)24(10)6-7-27)23(3)19(29)25(17(15)28)9-12-4-5-13(20)14(21)8-12/h4-5,8,15-16,27H,6-7,9H2,1-3H3. The van der Waals surface area contributed by atoms with Crippen molar-refractivity contribution in [3.63, 3.8) is 0 Å². The molecule has 3 heterocycles. The molecule has 1 aromatic rings. The second kappa shape index (κ2) is 7.19. The van der Waals surface area contributed by atoms with E-state index in [0.717, 1.165) is 11.4 Å². The third-order valence-electron chi connectivity index (χ3n) is 5.65. The number of guanidine groups is 1. The molecule has 1 N–H and O–H groups in total. The molecule has 154 valence electrons. The van der Waals surface area contributed by atoms with Gasteiger partial charge in [0.15, 0.2) is 12.2 Å². The Labute approximate surface area is 178 Å². The van der Waals surface area contributed by atoms with E-state index in [2.05, 4.69) is 4.99 Å². The van der Waals surface area contributed by atoms with Crippen molar-refractivity contribution in [3.8, 4) is 0 Å². The third-order valence-corrected chi connectivity index (χ3v) is 6.39. The van der Waals surface area contributed by atoms with Crippen molar-refractivity contribution >= 4 is 41.1 Å². The number of amides is 3. The van der Waals surface area contributed by atoms with Crippen LogP contribution in [0.5, 0.6) is 0 Å². The van der Waals surface area contributed by atoms with Crippen LogP contribution < -0.4 is 0 Å². The van der Waals surface area contributed by atoms with Gasteiger partial charge in [-0.15, -0.1) is 0 Å². The Bertz CT molecular complexity index is 963. The summed E-state index contributed by atoms with van der Waals surface area (Å²) in [4.78, 5) is 37.4. The Morgan fingerprint density at radius 2 is 1.83 bits per heavy atom. The van der Waals surface area contributed by atoms with Gasteiger partial charge in [0, 0.05) is 25.0 Å². The first-order valence-corrected chi connectivity index (χ1v) is 9.97. The summed E-state index contributed by atoms with van der Waals surface area (Å²) in [7, 11) is 1.64. The molecular formula is C19H21Cl2N5O3. The van der Waals surface area contributed by atoms with Crippen molar-refractivity contribution in [2.75, 3.05) is 20.2 Å². The van der Waals surface area contributed by atoms with Crippen molar-refractivity contribution in [1.82, 2.24) is 19.6 Å². The van der Waals surface area contributed by atoms with Crippen LogP contribution in [-0.2, 0) is 11.3 Å². The van der Waals surface area contributed by atoms with Crippen LogP contribution in [-0.4, -0.2) is 75.0 Å². The number of hydrogen-bond donors (Lipinski definition) is 1. The lowest BCUT2D eigenvalue weighted by Crippen LogP contribution is -2.64. The number of likely N-dealkylation sites (N-methyl/N-ethyl adjacent to an activating group) is 1. The third kappa shape index (κ3) is 2.97. The molecule has 10 heteroatoms. The lowest BCUT2D eigenvalue weighted by Gasteiger charge is -2.40. The SMILES string of the molecule is CC1=C(C)N2C(=NC3C2C(=O)N(Cc2ccc(Cl)c(Cl)c2)C(=O)N3C)N1CCO. The number of imide groups is 1. The minimum absolute atomic E-state index is 0.0427. The lowest BCUT2D eigenvalue weighted by atomic mass is 10.1. The van der Waals surface area contributed by atoms with E-state index in [1.807, 2.05) is 23.6 Å². The van der Waals surface area contributed by atoms with E-state index < -0.39 is 18.2 Å². The molecule has 29 heavy (non-hydrogen) atoms. The molecule has 0 bridgehead atoms. The number of allylic oxidation sites excluding steroid dienone is 2. The number of carbonyl (C=O) groups excluding carboxylic acids is 2. The Balaban J connectivity index is 1.67. The highest BCUT2D eigenvalue weighted by atomic mass is 35.5. The topological polar surface area (TPSA) is 79.7 Å². The van der Waals surface area contributed by atoms with Crippen molar-refractivity contribution in [2.45, 2.75) is 32.6 Å². The highest BCUT2D eigenvalue weighted by molar-refractivity contribution is 6.42. The fraction of sp³-hybridized carbons (Fsp3) is 0.421. The second-order valence-corrected chi connectivity index (χ2v) is 8.08. The molecule has 4 rings (SSSR count). The molecule has 1 saturated heterocycles. The molecule has 1 aromatic carbocycles. The first kappa shape index (κ1) is 20.0. The molecule has 2 atom stereocenters. The number of benzene rings is 1. The molecule has 0 radical (unpaired) electrons. The van der Waals surface area contributed by atoms with Gasteiger partial charge in [-0.05, 0) is 31.5 Å². The van der Waals surface area contributed by atoms with Gasteiger partial charge in [-0.2, -0.15) is 0 Å². The van der Waals surface area contributed by atoms with Crippen LogP contribution >= 0.6 is 23.2 Å². The molecule has 0 spiro atoms. The largest absolute Gasteiger partial charge is 0.395 e. The monoisotopic (exact) mass is 437 g/mol. The first-order valence-electron chi connectivity index (χ1n) is 9.21. The molecule has 8 nitrogen and oxygen atoms in total. The average Bonchev–Trinajstić information content (AvgIpc) is 3.18. The summed E-state index contributed by atoms with van der Waals surface area (Å²) in [6.07, 6.45) is -0.612. The predicted octanol–water partition coefficient (Wildman–Crippen LogP) is 2.31. The summed E-state index contributed by atoms with van der Waals surface area (Å²) >= 11 is 12.1. The predicted molar refractivity (Wildman–Crippen MR) is 109 cm³/mol. The van der Waals surface area contributed by atoms with Crippen LogP contribution in [0.3, 0.4) is 0 Å². The maximum Gasteiger partial charge on any atom is 0.328 e. The summed E-state index contributed by atoms with van der Waals surface area (Å²) in [5, 5.41) is 10.2. The van der Waals surface area contributed by atoms with Gasteiger partial charge < -0.3 is 14.9 Å². The van der Waals surface area contributed by atoms with Gasteiger partial charge in [0.1, 0.15) is 0 Å². The minimum Gasteiger partial charge on any atom is -0.395 e. The molecule has 0 aliphatic carbocycles. The van der Waals surface area contributed by atoms with Crippen LogP contribution in [0.25, 0.3) is 0 Å². The number of aliphatic hydroxyl groups excluding tert-OH is 1. The zero-order valence-electron chi connectivity index (χ0n) is 16.3. The molecule has 1 fully saturated rings. The van der Waals surface area contributed by atoms with E-state index in [0.29, 0.717) is 28.1 Å². The van der Waals surface area contributed by atoms with Gasteiger partial charge in [-0.3, -0.25) is 14.6 Å². The second-order valence-electron chi connectivity index (χ2n) is 7.27. The van der Waals surface area contributed by atoms with Crippen molar-refractivity contribution in [2.24, 2.45) is 4.99 Å². The van der Waals surface area contributed by atoms with Gasteiger partial charge in [-0.1, -0.05) is 29.3 Å². The maximum atomic E-state index is 13.4. The van der Waals surface area contributed by atoms with Crippen LogP contribution in [0.15, 0.2) is 34.6 Å². The fourth-order valence-corrected chi connectivity index (χ4v) is 4.34. The normalized spacial score (nSPS) is 23.9. The number of halogens is 2. The number of carbonyl (C=O) groups is 2. The summed E-state index contributed by atoms with van der Waals surface area (Å²) < 4.78 is 0. The molecule has 0 aromatic heterocycles. The molecule has 3 aliphatic rings. The summed E-state index contributed by atoms with van der Waals surface area (Å²) in [5.74, 6) is 0.273. The molecule has 3 aliphatic heterocycles. The Morgan fingerprint density at radius 1 is 1.10 bits per heavy atom. The molecular weight excluding hydrogens is 417 g/mol. The molecule has 2 unspecified atom stereocenters. The number of fused-ring (bicyclic) bond motifs is 3. The van der Waals surface area contributed by atoms with Gasteiger partial charge in [-0.25, -0.2) is 9.79 Å². The first-order chi connectivity index (χ1) is 13.8. The highest BCUT2D eigenvalue weighted by Gasteiger charge is 2.55. The summed E-state index contributed by atoms with van der Waals surface area (Å²) in [5.41, 5.74) is 2.52. The van der Waals surface area contributed by atoms with Crippen molar-refractivity contribution in [1.29, 1.82) is 0 Å². The minimum atomic E-state index is -0.644. The lowest BCUT2D eigenvalue weighted by molar-refractivity contribution is -0.137. The fourth-order valence-electron chi connectivity index (χ4n) is 4.01. The number of rotatable bonds is 4. The van der Waals surface area contributed by atoms with Gasteiger partial charge >= 0.3 is 6.03 Å². The van der Waals surface area contributed by atoms with E-state index in [1.54, 1.807) is 25.2 Å². The van der Waals surface area contributed by atoms with Gasteiger partial charge in [0.2, 0.25) is 5.96 Å². The van der Waals surface area contributed by atoms with Crippen LogP contribution in [0, 0.1) is 0 Å². The number of aliphatic hydroxyl groups is 1. The van der Waals surface area contributed by atoms with E-state index in [9.17, 15) is 14.7 Å². The number of hydrogen-bond acceptors (Lipinski definition) is 6. The summed E-state index contributed by atoms with van der Waals surface area (Å²) in [6, 6.07) is 3.98. The quantitative estimate of drug-likeness (QED) is 0.781. The highest BCUT2D eigenvalue weighted by Crippen LogP contribution is 2.38. The average molecular weight is 438 g/mol. The Kier molecular flexibility index (Phi) is 4.96. The summed E-state index contributed by atoms with van der Waals surface area (Å²) in [6.45, 7) is 4.26. The van der Waals surface area contributed by atoms with Crippen LogP contribution in [0.4, 0.5) is 4.79 Å². The maximum absolute atomic E-state index is 13.4. The number of aliphatic imine (C=N–C) groups is 1. The van der Waals surface area contributed by atoms with Crippen LogP contribution in [0.1, 0.15) is 19.4 Å². The van der Waals surface area contributed by atoms with Gasteiger partial charge in [0.05, 0.1) is 23.2 Å². The van der Waals surface area contributed by atoms with E-state index in [-0.39, 0.29) is 19.1 Å². The van der Waals surface area contributed by atoms with Crippen molar-refractivity contribution in [3.05, 3.63) is 45.2 Å². The molecule has 3 amide bonds. The zero-order chi connectivity index (χ0) is 21.0. The Hall–Kier alpha value is -2.29. The smallest absolute Gasteiger partial charge is 0.328 e. The van der Waals surface area contributed by atoms with Gasteiger partial charge in [0.25, 0.3) is 5.91 Å². The number of β-amino-alcohol motifs (C(OH)–C–C–N with tert-alkyl or cyclic N) is 1. The molecule has 0 saturated carbocycles. The van der Waals surface area contributed by atoms with E-state index in [1.165, 1.54) is 9.80 Å². The van der Waals surface area contributed by atoms with Crippen LogP contribution in [0.2, 0.25) is 10.0 Å².